The lowest BCUT2D eigenvalue weighted by atomic mass is 9.88. The Balaban J connectivity index is 2.11. The molecule has 2 rings (SSSR count). The van der Waals surface area contributed by atoms with Gasteiger partial charge in [0.2, 0.25) is 0 Å². The van der Waals surface area contributed by atoms with E-state index in [0.29, 0.717) is 18.9 Å². The zero-order chi connectivity index (χ0) is 29.2. The Morgan fingerprint density at radius 3 is 2.67 bits per heavy atom. The van der Waals surface area contributed by atoms with Crippen molar-refractivity contribution in [2.75, 3.05) is 6.61 Å². The van der Waals surface area contributed by atoms with Gasteiger partial charge in [0.05, 0.1) is 36.4 Å². The molecular weight excluding hydrogens is 496 g/mol. The number of aliphatic hydroxyl groups is 3. The molecule has 0 radical (unpaired) electrons. The fourth-order valence-electron chi connectivity index (χ4n) is 5.21. The molecule has 7 nitrogen and oxygen atoms in total. The molecule has 0 saturated carbocycles. The van der Waals surface area contributed by atoms with Crippen molar-refractivity contribution in [3.63, 3.8) is 0 Å². The monoisotopic (exact) mass is 550 g/mol. The van der Waals surface area contributed by atoms with Crippen molar-refractivity contribution < 1.29 is 34.3 Å². The van der Waals surface area contributed by atoms with E-state index in [1.807, 2.05) is 52.0 Å². The van der Waals surface area contributed by atoms with Crippen LogP contribution in [0.15, 0.2) is 36.0 Å². The van der Waals surface area contributed by atoms with Gasteiger partial charge >= 0.3 is 5.97 Å². The molecule has 0 spiro atoms. The van der Waals surface area contributed by atoms with Crippen LogP contribution < -0.4 is 0 Å². The van der Waals surface area contributed by atoms with E-state index in [2.05, 4.69) is 19.9 Å². The number of unbranched alkanes of at least 4 members (excludes halogenated alkanes) is 1. The lowest BCUT2D eigenvalue weighted by molar-refractivity contribution is -0.151. The fraction of sp³-hybridized carbons (Fsp3) is 0.781. The second-order valence-electron chi connectivity index (χ2n) is 12.0. The molecule has 10 atom stereocenters. The minimum Gasteiger partial charge on any atom is -0.457 e. The molecule has 0 aromatic carbocycles. The Labute approximate surface area is 236 Å². The maximum absolute atomic E-state index is 12.7. The van der Waals surface area contributed by atoms with Crippen LogP contribution in [0.3, 0.4) is 0 Å². The Hall–Kier alpha value is -1.51. The van der Waals surface area contributed by atoms with Gasteiger partial charge in [0.1, 0.15) is 12.2 Å². The van der Waals surface area contributed by atoms with E-state index < -0.39 is 29.9 Å². The lowest BCUT2D eigenvalue weighted by Crippen LogP contribution is -2.41. The first-order chi connectivity index (χ1) is 18.4. The maximum atomic E-state index is 12.7. The highest BCUT2D eigenvalue weighted by atomic mass is 16.6. The topological polar surface area (TPSA) is 109 Å². The number of epoxide rings is 1. The number of carbonyl (C=O) groups is 1. The molecule has 1 saturated heterocycles. The molecular formula is C32H54O7. The number of cyclic esters (lactones) is 1. The molecule has 0 aromatic heterocycles. The SMILES string of the molecule is CCCCOC1C=CC(C)C(C(C)=CC=CC(C)CC2OC2C(C)C(O)CC)OC(=O)CC(O)CCC1(C)O. The van der Waals surface area contributed by atoms with Gasteiger partial charge in [-0.25, -0.2) is 0 Å². The van der Waals surface area contributed by atoms with Crippen molar-refractivity contribution >= 4 is 5.97 Å². The Bertz CT molecular complexity index is 832. The van der Waals surface area contributed by atoms with Crippen molar-refractivity contribution in [2.24, 2.45) is 17.8 Å². The molecule has 0 aromatic rings. The van der Waals surface area contributed by atoms with Gasteiger partial charge in [-0.2, -0.15) is 0 Å². The van der Waals surface area contributed by atoms with E-state index in [1.165, 1.54) is 0 Å². The van der Waals surface area contributed by atoms with Gasteiger partial charge in [-0.05, 0) is 57.4 Å². The summed E-state index contributed by atoms with van der Waals surface area (Å²) in [6, 6.07) is 0. The van der Waals surface area contributed by atoms with Crippen molar-refractivity contribution in [2.45, 2.75) is 136 Å². The minimum absolute atomic E-state index is 0.113. The zero-order valence-corrected chi connectivity index (χ0v) is 25.2. The van der Waals surface area contributed by atoms with Crippen LogP contribution in [0.5, 0.6) is 0 Å². The maximum Gasteiger partial charge on any atom is 0.309 e. The zero-order valence-electron chi connectivity index (χ0n) is 25.2. The average molecular weight is 551 g/mol. The molecule has 10 unspecified atom stereocenters. The highest BCUT2D eigenvalue weighted by molar-refractivity contribution is 5.70. The van der Waals surface area contributed by atoms with Crippen LogP contribution in [0, 0.1) is 17.8 Å². The summed E-state index contributed by atoms with van der Waals surface area (Å²) in [6.45, 7) is 14.5. The van der Waals surface area contributed by atoms with Crippen LogP contribution in [-0.2, 0) is 19.0 Å². The van der Waals surface area contributed by atoms with E-state index in [-0.39, 0.29) is 43.0 Å². The third kappa shape index (κ3) is 11.1. The second-order valence-corrected chi connectivity index (χ2v) is 12.0. The van der Waals surface area contributed by atoms with Crippen LogP contribution in [0.4, 0.5) is 0 Å². The smallest absolute Gasteiger partial charge is 0.309 e. The van der Waals surface area contributed by atoms with Gasteiger partial charge in [0, 0.05) is 18.4 Å². The summed E-state index contributed by atoms with van der Waals surface area (Å²) in [5.74, 6) is -0.172. The summed E-state index contributed by atoms with van der Waals surface area (Å²) in [4.78, 5) is 12.7. The molecule has 224 valence electrons. The number of allylic oxidation sites excluding steroid dienone is 3. The first kappa shape index (κ1) is 33.7. The highest BCUT2D eigenvalue weighted by Gasteiger charge is 2.45. The summed E-state index contributed by atoms with van der Waals surface area (Å²) in [7, 11) is 0. The molecule has 1 fully saturated rings. The molecule has 3 N–H and O–H groups in total. The van der Waals surface area contributed by atoms with Crippen LogP contribution in [-0.4, -0.2) is 70.1 Å². The third-order valence-corrected chi connectivity index (χ3v) is 8.14. The van der Waals surface area contributed by atoms with Gasteiger partial charge in [0.25, 0.3) is 0 Å². The van der Waals surface area contributed by atoms with Crippen LogP contribution in [0.1, 0.15) is 93.4 Å². The summed E-state index contributed by atoms with van der Waals surface area (Å²) in [5.41, 5.74) is -0.268. The van der Waals surface area contributed by atoms with E-state index >= 15 is 0 Å². The van der Waals surface area contributed by atoms with Crippen LogP contribution in [0.2, 0.25) is 0 Å². The van der Waals surface area contributed by atoms with Gasteiger partial charge in [-0.1, -0.05) is 71.4 Å². The van der Waals surface area contributed by atoms with E-state index in [9.17, 15) is 20.1 Å². The molecule has 0 aliphatic carbocycles. The highest BCUT2D eigenvalue weighted by Crippen LogP contribution is 2.36. The molecule has 0 amide bonds. The standard InChI is InChI=1S/C32H54O7/c1-8-10-18-37-28-15-14-23(5)30(39-29(35)20-25(33)16-17-32(28,7)36)22(4)13-11-12-21(3)19-27-31(38-27)24(6)26(34)9-2/h11-15,21,23-28,30-31,33-34,36H,8-10,16-20H2,1-7H3. The summed E-state index contributed by atoms with van der Waals surface area (Å²) in [5, 5.41) is 31.7. The van der Waals surface area contributed by atoms with Crippen LogP contribution >= 0.6 is 0 Å². The average Bonchev–Trinajstić information content (AvgIpc) is 3.64. The van der Waals surface area contributed by atoms with Gasteiger partial charge in [0.15, 0.2) is 0 Å². The molecule has 7 heteroatoms. The van der Waals surface area contributed by atoms with Crippen molar-refractivity contribution in [3.8, 4) is 0 Å². The predicted molar refractivity (Wildman–Crippen MR) is 154 cm³/mol. The largest absolute Gasteiger partial charge is 0.457 e. The van der Waals surface area contributed by atoms with Gasteiger partial charge in [-0.15, -0.1) is 0 Å². The number of aliphatic hydroxyl groups excluding tert-OH is 2. The quantitative estimate of drug-likeness (QED) is 0.0998. The number of ether oxygens (including phenoxy) is 3. The number of rotatable bonds is 12. The van der Waals surface area contributed by atoms with E-state index in [4.69, 9.17) is 14.2 Å². The molecule has 2 aliphatic rings. The van der Waals surface area contributed by atoms with E-state index in [1.54, 1.807) is 6.92 Å². The van der Waals surface area contributed by atoms with Crippen molar-refractivity contribution in [3.05, 3.63) is 36.0 Å². The first-order valence-electron chi connectivity index (χ1n) is 15.0. The van der Waals surface area contributed by atoms with Crippen LogP contribution in [0.25, 0.3) is 0 Å². The van der Waals surface area contributed by atoms with Crippen molar-refractivity contribution in [1.82, 2.24) is 0 Å². The summed E-state index contributed by atoms with van der Waals surface area (Å²) in [6.07, 6.45) is 12.0. The van der Waals surface area contributed by atoms with Gasteiger partial charge < -0.3 is 29.5 Å². The molecule has 2 aliphatic heterocycles. The first-order valence-corrected chi connectivity index (χ1v) is 15.0. The van der Waals surface area contributed by atoms with E-state index in [0.717, 1.165) is 31.3 Å². The lowest BCUT2D eigenvalue weighted by Gasteiger charge is -2.33. The Morgan fingerprint density at radius 1 is 1.28 bits per heavy atom. The van der Waals surface area contributed by atoms with Crippen molar-refractivity contribution in [1.29, 1.82) is 0 Å². The Morgan fingerprint density at radius 2 is 2.00 bits per heavy atom. The number of carbonyl (C=O) groups excluding carboxylic acids is 1. The minimum atomic E-state index is -1.16. The number of hydrogen-bond acceptors (Lipinski definition) is 7. The van der Waals surface area contributed by atoms with Gasteiger partial charge in [-0.3, -0.25) is 4.79 Å². The third-order valence-electron chi connectivity index (χ3n) is 8.14. The molecule has 0 bridgehead atoms. The Kier molecular flexibility index (Phi) is 13.9. The number of hydrogen-bond donors (Lipinski definition) is 3. The predicted octanol–water partition coefficient (Wildman–Crippen LogP) is 5.27. The molecule has 2 heterocycles. The number of esters is 1. The molecule has 39 heavy (non-hydrogen) atoms. The fourth-order valence-corrected chi connectivity index (χ4v) is 5.21. The summed E-state index contributed by atoms with van der Waals surface area (Å²) < 4.78 is 17.7. The second kappa shape index (κ2) is 16.1. The summed E-state index contributed by atoms with van der Waals surface area (Å²) >= 11 is 0. The normalized spacial score (nSPS) is 35.1.